The van der Waals surface area contributed by atoms with Crippen molar-refractivity contribution in [3.63, 3.8) is 0 Å². The fourth-order valence-electron chi connectivity index (χ4n) is 3.78. The SMILES string of the molecule is COc1ccc(Cl)cc1NC(=O)NC[C@@H](c1cccnc1)c1cn(C)c2ccccc12. The molecule has 2 aromatic heterocycles. The number of anilines is 1. The zero-order chi connectivity index (χ0) is 21.8. The standard InChI is InChI=1S/C24H23ClN4O2/c1-29-15-20(18-7-3-4-8-22(18)29)19(16-6-5-11-26-13-16)14-27-24(30)28-21-12-17(25)9-10-23(21)31-2/h3-13,15,19H,14H2,1-2H3,(H2,27,28,30)/t19-/m0/s1. The number of benzene rings is 2. The van der Waals surface area contributed by atoms with Gasteiger partial charge >= 0.3 is 6.03 Å². The molecule has 4 rings (SSSR count). The number of urea groups is 1. The van der Waals surface area contributed by atoms with Gasteiger partial charge in [-0.2, -0.15) is 0 Å². The molecule has 0 aliphatic heterocycles. The third-order valence-electron chi connectivity index (χ3n) is 5.27. The number of carbonyl (C=O) groups is 1. The summed E-state index contributed by atoms with van der Waals surface area (Å²) in [6.07, 6.45) is 5.70. The number of ether oxygens (including phenoxy) is 1. The van der Waals surface area contributed by atoms with Crippen LogP contribution in [0.5, 0.6) is 5.75 Å². The topological polar surface area (TPSA) is 68.2 Å². The summed E-state index contributed by atoms with van der Waals surface area (Å²) in [6.45, 7) is 0.397. The largest absolute Gasteiger partial charge is 0.495 e. The zero-order valence-corrected chi connectivity index (χ0v) is 18.1. The summed E-state index contributed by atoms with van der Waals surface area (Å²) >= 11 is 6.07. The van der Waals surface area contributed by atoms with E-state index in [0.717, 1.165) is 22.0 Å². The van der Waals surface area contributed by atoms with Gasteiger partial charge in [0.2, 0.25) is 0 Å². The Kier molecular flexibility index (Phi) is 6.09. The summed E-state index contributed by atoms with van der Waals surface area (Å²) < 4.78 is 7.41. The number of hydrogen-bond acceptors (Lipinski definition) is 3. The molecule has 7 heteroatoms. The van der Waals surface area contributed by atoms with Gasteiger partial charge in [-0.05, 0) is 41.5 Å². The number of nitrogens with zero attached hydrogens (tertiary/aromatic N) is 2. The van der Waals surface area contributed by atoms with E-state index in [4.69, 9.17) is 16.3 Å². The Morgan fingerprint density at radius 2 is 2.03 bits per heavy atom. The van der Waals surface area contributed by atoms with E-state index in [2.05, 4.69) is 38.5 Å². The maximum atomic E-state index is 12.7. The number of aryl methyl sites for hydroxylation is 1. The van der Waals surface area contributed by atoms with Crippen molar-refractivity contribution in [1.29, 1.82) is 0 Å². The Morgan fingerprint density at radius 3 is 2.81 bits per heavy atom. The lowest BCUT2D eigenvalue weighted by molar-refractivity contribution is 0.251. The molecule has 2 amide bonds. The van der Waals surface area contributed by atoms with E-state index in [1.165, 1.54) is 0 Å². The molecule has 0 bridgehead atoms. The third-order valence-corrected chi connectivity index (χ3v) is 5.50. The normalized spacial score (nSPS) is 11.8. The number of halogens is 1. The van der Waals surface area contributed by atoms with Crippen molar-refractivity contribution in [3.8, 4) is 5.75 Å². The van der Waals surface area contributed by atoms with Crippen LogP contribution in [0.4, 0.5) is 10.5 Å². The highest BCUT2D eigenvalue weighted by atomic mass is 35.5. The first kappa shape index (κ1) is 20.8. The predicted molar refractivity (Wildman–Crippen MR) is 124 cm³/mol. The van der Waals surface area contributed by atoms with Gasteiger partial charge in [0.05, 0.1) is 12.8 Å². The first-order valence-electron chi connectivity index (χ1n) is 9.89. The summed E-state index contributed by atoms with van der Waals surface area (Å²) in [6, 6.07) is 16.9. The van der Waals surface area contributed by atoms with E-state index in [1.807, 2.05) is 37.5 Å². The van der Waals surface area contributed by atoms with Crippen LogP contribution in [0.25, 0.3) is 10.9 Å². The molecule has 2 N–H and O–H groups in total. The van der Waals surface area contributed by atoms with Crippen molar-refractivity contribution in [2.24, 2.45) is 7.05 Å². The van der Waals surface area contributed by atoms with Crippen molar-refractivity contribution < 1.29 is 9.53 Å². The van der Waals surface area contributed by atoms with Gasteiger partial charge < -0.3 is 19.9 Å². The second-order valence-electron chi connectivity index (χ2n) is 7.23. The molecule has 2 heterocycles. The van der Waals surface area contributed by atoms with Crippen LogP contribution in [0.3, 0.4) is 0 Å². The van der Waals surface area contributed by atoms with Crippen LogP contribution >= 0.6 is 11.6 Å². The van der Waals surface area contributed by atoms with E-state index >= 15 is 0 Å². The molecule has 0 aliphatic rings. The van der Waals surface area contributed by atoms with Crippen LogP contribution in [-0.2, 0) is 7.05 Å². The molecule has 0 radical (unpaired) electrons. The molecule has 0 fully saturated rings. The average Bonchev–Trinajstić information content (AvgIpc) is 3.11. The maximum Gasteiger partial charge on any atom is 0.319 e. The molecule has 0 saturated heterocycles. The van der Waals surface area contributed by atoms with Gasteiger partial charge in [0.25, 0.3) is 0 Å². The first-order valence-corrected chi connectivity index (χ1v) is 10.3. The molecule has 6 nitrogen and oxygen atoms in total. The second kappa shape index (κ2) is 9.10. The minimum Gasteiger partial charge on any atom is -0.495 e. The van der Waals surface area contributed by atoms with Gasteiger partial charge in [-0.25, -0.2) is 4.79 Å². The van der Waals surface area contributed by atoms with E-state index in [0.29, 0.717) is 23.0 Å². The predicted octanol–water partition coefficient (Wildman–Crippen LogP) is 5.19. The first-order chi connectivity index (χ1) is 15.1. The van der Waals surface area contributed by atoms with E-state index in [-0.39, 0.29) is 11.9 Å². The summed E-state index contributed by atoms with van der Waals surface area (Å²) in [4.78, 5) is 17.0. The minimum atomic E-state index is -0.338. The Balaban J connectivity index is 1.59. The molecule has 0 aliphatic carbocycles. The number of aromatic nitrogens is 2. The highest BCUT2D eigenvalue weighted by Gasteiger charge is 2.20. The number of amides is 2. The number of nitrogens with one attached hydrogen (secondary N) is 2. The number of methoxy groups -OCH3 is 1. The molecular formula is C24H23ClN4O2. The highest BCUT2D eigenvalue weighted by Crippen LogP contribution is 2.32. The molecule has 0 unspecified atom stereocenters. The molecule has 1 atom stereocenters. The van der Waals surface area contributed by atoms with Crippen molar-refractivity contribution in [1.82, 2.24) is 14.9 Å². The average molecular weight is 435 g/mol. The molecule has 31 heavy (non-hydrogen) atoms. The maximum absolute atomic E-state index is 12.7. The van der Waals surface area contributed by atoms with Gasteiger partial charge in [0, 0.05) is 54.0 Å². The molecule has 2 aromatic carbocycles. The van der Waals surface area contributed by atoms with Crippen molar-refractivity contribution in [2.75, 3.05) is 19.0 Å². The van der Waals surface area contributed by atoms with E-state index in [9.17, 15) is 4.79 Å². The Labute approximate surface area is 185 Å². The number of fused-ring (bicyclic) bond motifs is 1. The van der Waals surface area contributed by atoms with Crippen LogP contribution < -0.4 is 15.4 Å². The monoisotopic (exact) mass is 434 g/mol. The lowest BCUT2D eigenvalue weighted by Crippen LogP contribution is -2.32. The van der Waals surface area contributed by atoms with Gasteiger partial charge in [-0.15, -0.1) is 0 Å². The molecule has 0 spiro atoms. The van der Waals surface area contributed by atoms with Gasteiger partial charge in [-0.3, -0.25) is 4.98 Å². The molecule has 158 valence electrons. The minimum absolute atomic E-state index is 0.0631. The van der Waals surface area contributed by atoms with E-state index < -0.39 is 0 Å². The Bertz CT molecular complexity index is 1210. The van der Waals surface area contributed by atoms with E-state index in [1.54, 1.807) is 31.5 Å². The molecule has 4 aromatic rings. The Morgan fingerprint density at radius 1 is 1.19 bits per heavy atom. The fourth-order valence-corrected chi connectivity index (χ4v) is 3.95. The number of hydrogen-bond donors (Lipinski definition) is 2. The van der Waals surface area contributed by atoms with Crippen molar-refractivity contribution in [2.45, 2.75) is 5.92 Å². The summed E-state index contributed by atoms with van der Waals surface area (Å²) in [5.74, 6) is 0.476. The number of para-hydroxylation sites is 1. The van der Waals surface area contributed by atoms with Crippen LogP contribution in [0, 0.1) is 0 Å². The van der Waals surface area contributed by atoms with Crippen LogP contribution in [0.1, 0.15) is 17.0 Å². The highest BCUT2D eigenvalue weighted by molar-refractivity contribution is 6.31. The summed E-state index contributed by atoms with van der Waals surface area (Å²) in [5, 5.41) is 7.47. The third kappa shape index (κ3) is 4.49. The molecule has 0 saturated carbocycles. The zero-order valence-electron chi connectivity index (χ0n) is 17.3. The number of carbonyl (C=O) groups excluding carboxylic acids is 1. The lowest BCUT2D eigenvalue weighted by Gasteiger charge is -2.18. The van der Waals surface area contributed by atoms with Crippen LogP contribution in [0.15, 0.2) is 73.2 Å². The molecular weight excluding hydrogens is 412 g/mol. The number of rotatable bonds is 6. The van der Waals surface area contributed by atoms with Gasteiger partial charge in [0.15, 0.2) is 0 Å². The van der Waals surface area contributed by atoms with Crippen molar-refractivity contribution >= 4 is 34.2 Å². The second-order valence-corrected chi connectivity index (χ2v) is 7.67. The van der Waals surface area contributed by atoms with Gasteiger partial charge in [0.1, 0.15) is 5.75 Å². The lowest BCUT2D eigenvalue weighted by atomic mass is 9.92. The Hall–Kier alpha value is -3.51. The number of pyridine rings is 1. The van der Waals surface area contributed by atoms with Crippen LogP contribution in [0.2, 0.25) is 5.02 Å². The smallest absolute Gasteiger partial charge is 0.319 e. The van der Waals surface area contributed by atoms with Crippen molar-refractivity contribution in [3.05, 3.63) is 89.3 Å². The quantitative estimate of drug-likeness (QED) is 0.439. The summed E-state index contributed by atoms with van der Waals surface area (Å²) in [7, 11) is 3.57. The fraction of sp³-hybridized carbons (Fsp3) is 0.167. The van der Waals surface area contributed by atoms with Crippen LogP contribution in [-0.4, -0.2) is 29.2 Å². The van der Waals surface area contributed by atoms with Gasteiger partial charge in [-0.1, -0.05) is 35.9 Å². The summed E-state index contributed by atoms with van der Waals surface area (Å²) in [5.41, 5.74) is 3.81.